The first-order chi connectivity index (χ1) is 10.6. The number of nitrogens with one attached hydrogen (secondary N) is 1. The molecule has 0 spiro atoms. The largest absolute Gasteiger partial charge is 0.367 e. The van der Waals surface area contributed by atoms with Gasteiger partial charge in [-0.2, -0.15) is 5.26 Å². The van der Waals surface area contributed by atoms with Crippen LogP contribution in [0, 0.1) is 23.0 Å². The Morgan fingerprint density at radius 3 is 2.32 bits per heavy atom. The average Bonchev–Trinajstić information content (AvgIpc) is 2.93. The van der Waals surface area contributed by atoms with Crippen LogP contribution in [-0.2, 0) is 0 Å². The van der Waals surface area contributed by atoms with Crippen LogP contribution in [0.15, 0.2) is 12.1 Å². The Labute approximate surface area is 127 Å². The predicted octanol–water partition coefficient (Wildman–Crippen LogP) is 1.83. The highest BCUT2D eigenvalue weighted by molar-refractivity contribution is 5.76. The van der Waals surface area contributed by atoms with E-state index in [2.05, 4.69) is 5.32 Å². The van der Waals surface area contributed by atoms with Gasteiger partial charge >= 0.3 is 6.03 Å². The minimum Gasteiger partial charge on any atom is -0.367 e. The van der Waals surface area contributed by atoms with Crippen LogP contribution >= 0.6 is 0 Å². The Morgan fingerprint density at radius 2 is 1.82 bits per heavy atom. The fourth-order valence-corrected chi connectivity index (χ4v) is 3.17. The number of piperidine rings is 1. The smallest absolute Gasteiger partial charge is 0.317 e. The molecule has 1 N–H and O–H groups in total. The van der Waals surface area contributed by atoms with Gasteiger partial charge in [0.1, 0.15) is 5.69 Å². The van der Waals surface area contributed by atoms with Crippen LogP contribution in [0.2, 0.25) is 0 Å². The van der Waals surface area contributed by atoms with Crippen LogP contribution in [0.3, 0.4) is 0 Å². The van der Waals surface area contributed by atoms with Crippen LogP contribution in [0.25, 0.3) is 0 Å². The molecule has 2 amide bonds. The summed E-state index contributed by atoms with van der Waals surface area (Å²) in [7, 11) is 0. The predicted molar refractivity (Wildman–Crippen MR) is 76.4 cm³/mol. The fraction of sp³-hybridized carbons (Fsp3) is 0.467. The van der Waals surface area contributed by atoms with Gasteiger partial charge in [-0.1, -0.05) is 0 Å². The molecule has 0 aliphatic carbocycles. The molecule has 5 nitrogen and oxygen atoms in total. The summed E-state index contributed by atoms with van der Waals surface area (Å²) in [6, 6.07) is 3.90. The van der Waals surface area contributed by atoms with E-state index >= 15 is 0 Å². The molecule has 3 rings (SSSR count). The summed E-state index contributed by atoms with van der Waals surface area (Å²) in [5.74, 6) is -1.43. The van der Waals surface area contributed by atoms with Gasteiger partial charge in [0.2, 0.25) is 0 Å². The van der Waals surface area contributed by atoms with E-state index < -0.39 is 11.6 Å². The maximum atomic E-state index is 14.0. The van der Waals surface area contributed by atoms with Crippen molar-refractivity contribution in [3.05, 3.63) is 29.3 Å². The van der Waals surface area contributed by atoms with Crippen molar-refractivity contribution in [2.45, 2.75) is 18.9 Å². The average molecular weight is 306 g/mol. The highest BCUT2D eigenvalue weighted by atomic mass is 19.1. The summed E-state index contributed by atoms with van der Waals surface area (Å²) in [5, 5.41) is 11.5. The summed E-state index contributed by atoms with van der Waals surface area (Å²) >= 11 is 0. The number of hydrogen-bond donors (Lipinski definition) is 1. The van der Waals surface area contributed by atoms with Crippen molar-refractivity contribution < 1.29 is 13.6 Å². The van der Waals surface area contributed by atoms with Gasteiger partial charge in [0, 0.05) is 32.2 Å². The molecule has 0 radical (unpaired) electrons. The number of benzene rings is 1. The van der Waals surface area contributed by atoms with Gasteiger partial charge < -0.3 is 15.1 Å². The van der Waals surface area contributed by atoms with Gasteiger partial charge in [-0.3, -0.25) is 0 Å². The standard InChI is InChI=1S/C15H16F2N4O/c16-12-7-10(9-18)8-13(17)14(12)20-4-1-11(2-5-20)21-6-3-19-15(21)22/h7-8,11H,1-6H2,(H,19,22). The van der Waals surface area contributed by atoms with Crippen molar-refractivity contribution in [2.24, 2.45) is 0 Å². The van der Waals surface area contributed by atoms with Gasteiger partial charge in [0.25, 0.3) is 0 Å². The highest BCUT2D eigenvalue weighted by Crippen LogP contribution is 2.29. The van der Waals surface area contributed by atoms with Gasteiger partial charge in [-0.25, -0.2) is 13.6 Å². The highest BCUT2D eigenvalue weighted by Gasteiger charge is 2.32. The van der Waals surface area contributed by atoms with Crippen LogP contribution in [-0.4, -0.2) is 43.2 Å². The Bertz CT molecular complexity index is 612. The minimum absolute atomic E-state index is 0.0256. The lowest BCUT2D eigenvalue weighted by Gasteiger charge is -2.37. The summed E-state index contributed by atoms with van der Waals surface area (Å²) in [5.41, 5.74) is -0.106. The Kier molecular flexibility index (Phi) is 3.84. The Balaban J connectivity index is 1.72. The first-order valence-electron chi connectivity index (χ1n) is 7.28. The number of anilines is 1. The van der Waals surface area contributed by atoms with Crippen molar-refractivity contribution in [1.29, 1.82) is 5.26 Å². The second-order valence-electron chi connectivity index (χ2n) is 5.54. The molecular formula is C15H16F2N4O. The van der Waals surface area contributed by atoms with Crippen molar-refractivity contribution in [3.8, 4) is 6.07 Å². The number of hydrogen-bond acceptors (Lipinski definition) is 3. The molecule has 22 heavy (non-hydrogen) atoms. The molecule has 1 aromatic carbocycles. The number of carbonyl (C=O) groups is 1. The fourth-order valence-electron chi connectivity index (χ4n) is 3.17. The number of carbonyl (C=O) groups excluding carboxylic acids is 1. The minimum atomic E-state index is -0.714. The molecule has 0 aromatic heterocycles. The molecule has 2 fully saturated rings. The molecule has 7 heteroatoms. The maximum Gasteiger partial charge on any atom is 0.317 e. The third-order valence-corrected chi connectivity index (χ3v) is 4.26. The lowest BCUT2D eigenvalue weighted by Crippen LogP contribution is -2.46. The second-order valence-corrected chi connectivity index (χ2v) is 5.54. The first-order valence-corrected chi connectivity index (χ1v) is 7.28. The third-order valence-electron chi connectivity index (χ3n) is 4.26. The van der Waals surface area contributed by atoms with Crippen LogP contribution in [0.1, 0.15) is 18.4 Å². The molecule has 1 aromatic rings. The van der Waals surface area contributed by atoms with E-state index in [9.17, 15) is 13.6 Å². The molecule has 116 valence electrons. The molecule has 0 atom stereocenters. The van der Waals surface area contributed by atoms with E-state index in [0.717, 1.165) is 12.1 Å². The molecule has 2 saturated heterocycles. The van der Waals surface area contributed by atoms with E-state index in [1.807, 2.05) is 0 Å². The number of nitriles is 1. The number of nitrogens with zero attached hydrogens (tertiary/aromatic N) is 3. The topological polar surface area (TPSA) is 59.4 Å². The Morgan fingerprint density at radius 1 is 1.18 bits per heavy atom. The van der Waals surface area contributed by atoms with Gasteiger partial charge in [-0.15, -0.1) is 0 Å². The van der Waals surface area contributed by atoms with E-state index in [0.29, 0.717) is 39.0 Å². The lowest BCUT2D eigenvalue weighted by atomic mass is 10.0. The molecule has 2 aliphatic rings. The normalized spacial score (nSPS) is 19.2. The van der Waals surface area contributed by atoms with Crippen LogP contribution < -0.4 is 10.2 Å². The van der Waals surface area contributed by atoms with E-state index in [-0.39, 0.29) is 23.3 Å². The lowest BCUT2D eigenvalue weighted by molar-refractivity contribution is 0.186. The van der Waals surface area contributed by atoms with Crippen molar-refractivity contribution in [1.82, 2.24) is 10.2 Å². The monoisotopic (exact) mass is 306 g/mol. The number of urea groups is 1. The third kappa shape index (κ3) is 2.56. The van der Waals surface area contributed by atoms with Gasteiger partial charge in [0.05, 0.1) is 11.6 Å². The zero-order valence-electron chi connectivity index (χ0n) is 12.0. The summed E-state index contributed by atoms with van der Waals surface area (Å²) in [6.07, 6.45) is 1.35. The van der Waals surface area contributed by atoms with Crippen LogP contribution in [0.5, 0.6) is 0 Å². The Hall–Kier alpha value is -2.36. The van der Waals surface area contributed by atoms with E-state index in [4.69, 9.17) is 5.26 Å². The molecule has 0 unspecified atom stereocenters. The van der Waals surface area contributed by atoms with Crippen molar-refractivity contribution in [2.75, 3.05) is 31.1 Å². The SMILES string of the molecule is N#Cc1cc(F)c(N2CCC(N3CCNC3=O)CC2)c(F)c1. The summed E-state index contributed by atoms with van der Waals surface area (Å²) in [6.45, 7) is 2.30. The molecule has 0 bridgehead atoms. The number of halogens is 2. The zero-order valence-corrected chi connectivity index (χ0v) is 12.0. The number of rotatable bonds is 2. The van der Waals surface area contributed by atoms with Crippen molar-refractivity contribution >= 4 is 11.7 Å². The van der Waals surface area contributed by atoms with Crippen molar-refractivity contribution in [3.63, 3.8) is 0 Å². The summed E-state index contributed by atoms with van der Waals surface area (Å²) in [4.78, 5) is 15.1. The second kappa shape index (κ2) is 5.79. The van der Waals surface area contributed by atoms with E-state index in [1.54, 1.807) is 15.9 Å². The maximum absolute atomic E-state index is 14.0. The molecule has 2 aliphatic heterocycles. The quantitative estimate of drug-likeness (QED) is 0.907. The van der Waals surface area contributed by atoms with E-state index in [1.165, 1.54) is 0 Å². The molecular weight excluding hydrogens is 290 g/mol. The zero-order chi connectivity index (χ0) is 15.7. The first kappa shape index (κ1) is 14.6. The number of amides is 2. The summed E-state index contributed by atoms with van der Waals surface area (Å²) < 4.78 is 28.1. The van der Waals surface area contributed by atoms with Gasteiger partial charge in [0.15, 0.2) is 11.6 Å². The molecule has 0 saturated carbocycles. The molecule has 2 heterocycles. The van der Waals surface area contributed by atoms with Crippen LogP contribution in [0.4, 0.5) is 19.3 Å². The van der Waals surface area contributed by atoms with Gasteiger partial charge in [-0.05, 0) is 25.0 Å².